The van der Waals surface area contributed by atoms with Crippen LogP contribution in [-0.2, 0) is 20.6 Å². The Hall–Kier alpha value is -2.15. The SMILES string of the molecule is CCCOC(=O)NC(=S)Nc1ccc([S+]([O-])CCC)cc1NC(=S)NC(=O)OCCC. The van der Waals surface area contributed by atoms with Gasteiger partial charge in [-0.15, -0.1) is 0 Å². The Kier molecular flexibility index (Phi) is 12.8. The molecule has 1 aromatic carbocycles. The molecule has 0 aromatic heterocycles. The van der Waals surface area contributed by atoms with Gasteiger partial charge < -0.3 is 24.7 Å². The smallest absolute Gasteiger partial charge is 0.413 e. The standard InChI is InChI=1S/C19H28N4O5S3/c1-4-9-27-18(24)22-16(29)20-14-8-7-13(31(26)11-6-3)12-15(14)21-17(30)23-19(25)28-10-5-2/h7-8,12H,4-6,9-11H2,1-3H3,(H2,20,22,24,29)(H2,21,23,25,30). The van der Waals surface area contributed by atoms with Crippen LogP contribution >= 0.6 is 24.4 Å². The summed E-state index contributed by atoms with van der Waals surface area (Å²) < 4.78 is 22.3. The van der Waals surface area contributed by atoms with Gasteiger partial charge in [0.25, 0.3) is 0 Å². The minimum atomic E-state index is -1.20. The van der Waals surface area contributed by atoms with Crippen molar-refractivity contribution in [1.82, 2.24) is 10.6 Å². The zero-order valence-electron chi connectivity index (χ0n) is 17.7. The van der Waals surface area contributed by atoms with Crippen molar-refractivity contribution in [3.8, 4) is 0 Å². The van der Waals surface area contributed by atoms with Gasteiger partial charge in [-0.3, -0.25) is 10.6 Å². The maximum absolute atomic E-state index is 12.4. The fraction of sp³-hybridized carbons (Fsp3) is 0.474. The Morgan fingerprint density at radius 2 is 1.42 bits per heavy atom. The zero-order valence-corrected chi connectivity index (χ0v) is 20.2. The second-order valence-corrected chi connectivity index (χ2v) is 8.57. The molecule has 12 heteroatoms. The fourth-order valence-corrected chi connectivity index (χ4v) is 3.60. The van der Waals surface area contributed by atoms with Crippen molar-refractivity contribution >= 4 is 69.4 Å². The van der Waals surface area contributed by atoms with Gasteiger partial charge in [0.15, 0.2) is 15.1 Å². The third-order valence-corrected chi connectivity index (χ3v) is 5.41. The van der Waals surface area contributed by atoms with Crippen LogP contribution in [0.1, 0.15) is 40.0 Å². The first-order valence-corrected chi connectivity index (χ1v) is 12.0. The molecule has 0 fully saturated rings. The highest BCUT2D eigenvalue weighted by Crippen LogP contribution is 2.26. The molecule has 31 heavy (non-hydrogen) atoms. The summed E-state index contributed by atoms with van der Waals surface area (Å²) >= 11 is 9.11. The number of carbonyl (C=O) groups excluding carboxylic acids is 2. The largest absolute Gasteiger partial charge is 0.611 e. The first-order valence-electron chi connectivity index (χ1n) is 9.82. The van der Waals surface area contributed by atoms with Crippen LogP contribution in [0.4, 0.5) is 21.0 Å². The third-order valence-electron chi connectivity index (χ3n) is 3.45. The summed E-state index contributed by atoms with van der Waals surface area (Å²) in [5.41, 5.74) is 0.859. The summed E-state index contributed by atoms with van der Waals surface area (Å²) in [6.45, 7) is 6.23. The third kappa shape index (κ3) is 10.6. The van der Waals surface area contributed by atoms with Gasteiger partial charge in [0.1, 0.15) is 5.75 Å². The molecule has 0 radical (unpaired) electrons. The minimum Gasteiger partial charge on any atom is -0.611 e. The number of rotatable bonds is 9. The van der Waals surface area contributed by atoms with Crippen LogP contribution in [0.3, 0.4) is 0 Å². The van der Waals surface area contributed by atoms with Crippen molar-refractivity contribution in [3.05, 3.63) is 18.2 Å². The molecule has 0 heterocycles. The Labute approximate surface area is 196 Å². The molecule has 1 aromatic rings. The van der Waals surface area contributed by atoms with E-state index >= 15 is 0 Å². The van der Waals surface area contributed by atoms with Crippen LogP contribution in [0.5, 0.6) is 0 Å². The van der Waals surface area contributed by atoms with Gasteiger partial charge in [0.2, 0.25) is 0 Å². The number of alkyl carbamates (subject to hydrolysis) is 2. The van der Waals surface area contributed by atoms with E-state index in [-0.39, 0.29) is 23.4 Å². The second-order valence-electron chi connectivity index (χ2n) is 6.19. The van der Waals surface area contributed by atoms with Crippen LogP contribution < -0.4 is 21.3 Å². The summed E-state index contributed by atoms with van der Waals surface area (Å²) in [6.07, 6.45) is 0.758. The molecule has 0 spiro atoms. The highest BCUT2D eigenvalue weighted by molar-refractivity contribution is 7.91. The molecule has 172 valence electrons. The van der Waals surface area contributed by atoms with Gasteiger partial charge in [-0.05, 0) is 67.0 Å². The minimum absolute atomic E-state index is 0.00724. The number of nitrogens with one attached hydrogen (secondary N) is 4. The molecule has 0 bridgehead atoms. The first kappa shape index (κ1) is 26.9. The van der Waals surface area contributed by atoms with Crippen molar-refractivity contribution < 1.29 is 23.6 Å². The number of ether oxygens (including phenoxy) is 2. The number of amides is 2. The number of thiocarbonyl (C=S) groups is 2. The van der Waals surface area contributed by atoms with Gasteiger partial charge in [0.05, 0.1) is 24.6 Å². The van der Waals surface area contributed by atoms with Crippen LogP contribution in [0, 0.1) is 0 Å². The summed E-state index contributed by atoms with van der Waals surface area (Å²) in [6, 6.07) is 4.97. The summed E-state index contributed by atoms with van der Waals surface area (Å²) in [5.74, 6) is 0.501. The summed E-state index contributed by atoms with van der Waals surface area (Å²) in [4.78, 5) is 24.0. The average molecular weight is 489 g/mol. The predicted octanol–water partition coefficient (Wildman–Crippen LogP) is 3.87. The Morgan fingerprint density at radius 3 is 1.90 bits per heavy atom. The van der Waals surface area contributed by atoms with Crippen molar-refractivity contribution in [2.75, 3.05) is 29.6 Å². The van der Waals surface area contributed by atoms with E-state index in [4.69, 9.17) is 33.9 Å². The molecular formula is C19H28N4O5S3. The maximum Gasteiger partial charge on any atom is 0.413 e. The number of anilines is 2. The molecule has 9 nitrogen and oxygen atoms in total. The quantitative estimate of drug-likeness (QED) is 0.303. The molecule has 1 rings (SSSR count). The predicted molar refractivity (Wildman–Crippen MR) is 130 cm³/mol. The maximum atomic E-state index is 12.4. The van der Waals surface area contributed by atoms with E-state index in [1.807, 2.05) is 20.8 Å². The molecule has 0 saturated carbocycles. The number of benzene rings is 1. The Bertz CT molecular complexity index is 779. The van der Waals surface area contributed by atoms with E-state index in [1.165, 1.54) is 0 Å². The molecule has 1 atom stereocenters. The molecule has 0 aliphatic rings. The van der Waals surface area contributed by atoms with Crippen molar-refractivity contribution in [3.63, 3.8) is 0 Å². The van der Waals surface area contributed by atoms with Crippen LogP contribution in [-0.4, -0.2) is 45.9 Å². The highest BCUT2D eigenvalue weighted by Gasteiger charge is 2.16. The average Bonchev–Trinajstić information content (AvgIpc) is 2.71. The van der Waals surface area contributed by atoms with E-state index in [2.05, 4.69) is 21.3 Å². The van der Waals surface area contributed by atoms with E-state index in [9.17, 15) is 14.1 Å². The zero-order chi connectivity index (χ0) is 23.2. The highest BCUT2D eigenvalue weighted by atomic mass is 32.2. The van der Waals surface area contributed by atoms with Crippen molar-refractivity contribution in [2.24, 2.45) is 0 Å². The van der Waals surface area contributed by atoms with Crippen molar-refractivity contribution in [1.29, 1.82) is 0 Å². The van der Waals surface area contributed by atoms with Gasteiger partial charge in [-0.2, -0.15) is 0 Å². The normalized spacial score (nSPS) is 11.1. The van der Waals surface area contributed by atoms with E-state index in [0.29, 0.717) is 34.9 Å². The number of hydrogen-bond acceptors (Lipinski definition) is 7. The van der Waals surface area contributed by atoms with Gasteiger partial charge >= 0.3 is 12.2 Å². The molecule has 2 amide bonds. The van der Waals surface area contributed by atoms with Crippen LogP contribution in [0.25, 0.3) is 0 Å². The second kappa shape index (κ2) is 14.8. The molecular weight excluding hydrogens is 460 g/mol. The topological polar surface area (TPSA) is 124 Å². The van der Waals surface area contributed by atoms with E-state index < -0.39 is 23.4 Å². The molecule has 0 aliphatic carbocycles. The van der Waals surface area contributed by atoms with E-state index in [1.54, 1.807) is 18.2 Å². The first-order chi connectivity index (χ1) is 14.8. The van der Waals surface area contributed by atoms with Crippen molar-refractivity contribution in [2.45, 2.75) is 44.9 Å². The summed E-state index contributed by atoms with van der Waals surface area (Å²) in [5, 5.41) is 10.5. The lowest BCUT2D eigenvalue weighted by Crippen LogP contribution is -2.36. The molecule has 0 aliphatic heterocycles. The van der Waals surface area contributed by atoms with Crippen LogP contribution in [0.15, 0.2) is 23.1 Å². The lowest BCUT2D eigenvalue weighted by atomic mass is 10.2. The molecule has 1 unspecified atom stereocenters. The Balaban J connectivity index is 2.95. The monoisotopic (exact) mass is 488 g/mol. The van der Waals surface area contributed by atoms with Gasteiger partial charge in [0, 0.05) is 6.07 Å². The number of hydrogen-bond donors (Lipinski definition) is 4. The number of carbonyl (C=O) groups is 2. The van der Waals surface area contributed by atoms with E-state index in [0.717, 1.165) is 6.42 Å². The lowest BCUT2D eigenvalue weighted by molar-refractivity contribution is 0.151. The lowest BCUT2D eigenvalue weighted by Gasteiger charge is -2.17. The van der Waals surface area contributed by atoms with Gasteiger partial charge in [-0.1, -0.05) is 20.8 Å². The fourth-order valence-electron chi connectivity index (χ4n) is 2.13. The van der Waals surface area contributed by atoms with Gasteiger partial charge in [-0.25, -0.2) is 9.59 Å². The van der Waals surface area contributed by atoms with Crippen LogP contribution in [0.2, 0.25) is 0 Å². The summed E-state index contributed by atoms with van der Waals surface area (Å²) in [7, 11) is 0. The Morgan fingerprint density at radius 1 is 0.903 bits per heavy atom. The molecule has 0 saturated heterocycles. The molecule has 4 N–H and O–H groups in total.